The van der Waals surface area contributed by atoms with Crippen LogP contribution < -0.4 is 5.32 Å². The molecule has 2 amide bonds. The van der Waals surface area contributed by atoms with Crippen molar-refractivity contribution in [3.8, 4) is 0 Å². The molecule has 0 saturated carbocycles. The number of hydrogen-bond donors (Lipinski definition) is 1. The number of hydrogen-bond acceptors (Lipinski definition) is 2. The topological polar surface area (TPSA) is 49.4 Å². The molecule has 0 spiro atoms. The average Bonchev–Trinajstić information content (AvgIpc) is 2.20. The van der Waals surface area contributed by atoms with Crippen molar-refractivity contribution in [2.75, 3.05) is 13.1 Å². The minimum Gasteiger partial charge on any atom is -0.352 e. The highest BCUT2D eigenvalue weighted by molar-refractivity contribution is 5.94. The van der Waals surface area contributed by atoms with Gasteiger partial charge in [-0.05, 0) is 13.8 Å². The van der Waals surface area contributed by atoms with Crippen molar-refractivity contribution in [2.24, 2.45) is 0 Å². The van der Waals surface area contributed by atoms with Gasteiger partial charge < -0.3 is 10.2 Å². The number of halogens is 4. The second-order valence-electron chi connectivity index (χ2n) is 4.20. The summed E-state index contributed by atoms with van der Waals surface area (Å²) >= 11 is 0. The molecule has 98 valence electrons. The molecule has 17 heavy (non-hydrogen) atoms. The van der Waals surface area contributed by atoms with Crippen molar-refractivity contribution >= 4 is 11.8 Å². The Bertz CT molecular complexity index is 344. The maximum Gasteiger partial charge on any atom is 0.383 e. The molecule has 4 nitrogen and oxygen atoms in total. The summed E-state index contributed by atoms with van der Waals surface area (Å²) in [4.78, 5) is 23.2. The molecule has 1 saturated heterocycles. The van der Waals surface area contributed by atoms with Crippen LogP contribution in [-0.4, -0.2) is 47.7 Å². The molecule has 0 aromatic heterocycles. The zero-order valence-corrected chi connectivity index (χ0v) is 9.27. The van der Waals surface area contributed by atoms with Gasteiger partial charge in [0.1, 0.15) is 5.54 Å². The number of piperazine rings is 1. The summed E-state index contributed by atoms with van der Waals surface area (Å²) in [6.07, 6.45) is -4.09. The Morgan fingerprint density at radius 1 is 1.47 bits per heavy atom. The van der Waals surface area contributed by atoms with Gasteiger partial charge >= 0.3 is 12.3 Å². The molecule has 1 fully saturated rings. The van der Waals surface area contributed by atoms with E-state index in [1.807, 2.05) is 0 Å². The fraction of sp³-hybridized carbons (Fsp3) is 0.778. The highest BCUT2D eigenvalue weighted by atomic mass is 19.3. The SMILES string of the molecule is CC1(C)C(=O)NCCN1C(=O)C(F)(F)C(F)F. The average molecular weight is 256 g/mol. The van der Waals surface area contributed by atoms with E-state index in [0.717, 1.165) is 0 Å². The summed E-state index contributed by atoms with van der Waals surface area (Å²) in [6.45, 7) is 2.19. The van der Waals surface area contributed by atoms with Gasteiger partial charge in [0.25, 0.3) is 5.91 Å². The second kappa shape index (κ2) is 4.15. The van der Waals surface area contributed by atoms with E-state index in [9.17, 15) is 27.2 Å². The summed E-state index contributed by atoms with van der Waals surface area (Å²) in [7, 11) is 0. The molecule has 1 aliphatic rings. The Hall–Kier alpha value is -1.34. The second-order valence-corrected chi connectivity index (χ2v) is 4.20. The third-order valence-corrected chi connectivity index (χ3v) is 2.66. The Morgan fingerprint density at radius 3 is 2.47 bits per heavy atom. The molecule has 1 rings (SSSR count). The van der Waals surface area contributed by atoms with Crippen LogP contribution in [-0.2, 0) is 9.59 Å². The number of carbonyl (C=O) groups excluding carboxylic acids is 2. The summed E-state index contributed by atoms with van der Waals surface area (Å²) < 4.78 is 50.0. The van der Waals surface area contributed by atoms with Gasteiger partial charge in [0.05, 0.1) is 0 Å². The first-order chi connectivity index (χ1) is 7.61. The summed E-state index contributed by atoms with van der Waals surface area (Å²) in [5.74, 6) is -7.44. The van der Waals surface area contributed by atoms with Crippen LogP contribution in [0.15, 0.2) is 0 Å². The number of carbonyl (C=O) groups is 2. The lowest BCUT2D eigenvalue weighted by molar-refractivity contribution is -0.188. The van der Waals surface area contributed by atoms with Gasteiger partial charge in [0.2, 0.25) is 5.91 Å². The molecule has 0 atom stereocenters. The normalized spacial score (nSPS) is 20.4. The van der Waals surface area contributed by atoms with Gasteiger partial charge in [-0.2, -0.15) is 8.78 Å². The van der Waals surface area contributed by atoms with Gasteiger partial charge in [-0.1, -0.05) is 0 Å². The third-order valence-electron chi connectivity index (χ3n) is 2.66. The maximum atomic E-state index is 12.9. The van der Waals surface area contributed by atoms with Crippen molar-refractivity contribution < 1.29 is 27.2 Å². The molecule has 0 bridgehead atoms. The molecule has 8 heteroatoms. The fourth-order valence-corrected chi connectivity index (χ4v) is 1.53. The third kappa shape index (κ3) is 2.20. The highest BCUT2D eigenvalue weighted by Gasteiger charge is 2.55. The van der Waals surface area contributed by atoms with E-state index in [0.29, 0.717) is 4.90 Å². The van der Waals surface area contributed by atoms with E-state index in [1.54, 1.807) is 0 Å². The summed E-state index contributed by atoms with van der Waals surface area (Å²) in [6, 6.07) is 0. The lowest BCUT2D eigenvalue weighted by atomic mass is 9.98. The van der Waals surface area contributed by atoms with Crippen LogP contribution in [0.25, 0.3) is 0 Å². The smallest absolute Gasteiger partial charge is 0.352 e. The van der Waals surface area contributed by atoms with Crippen LogP contribution in [0.1, 0.15) is 13.8 Å². The van der Waals surface area contributed by atoms with E-state index in [-0.39, 0.29) is 13.1 Å². The van der Waals surface area contributed by atoms with Crippen molar-refractivity contribution in [1.29, 1.82) is 0 Å². The molecular weight excluding hydrogens is 244 g/mol. The van der Waals surface area contributed by atoms with Gasteiger partial charge in [-0.3, -0.25) is 9.59 Å². The molecule has 1 aliphatic heterocycles. The maximum absolute atomic E-state index is 12.9. The monoisotopic (exact) mass is 256 g/mol. The van der Waals surface area contributed by atoms with Crippen molar-refractivity contribution in [1.82, 2.24) is 10.2 Å². The van der Waals surface area contributed by atoms with Gasteiger partial charge in [-0.15, -0.1) is 0 Å². The van der Waals surface area contributed by atoms with Crippen LogP contribution in [0, 0.1) is 0 Å². The highest BCUT2D eigenvalue weighted by Crippen LogP contribution is 2.29. The fourth-order valence-electron chi connectivity index (χ4n) is 1.53. The van der Waals surface area contributed by atoms with Crippen LogP contribution in [0.5, 0.6) is 0 Å². The van der Waals surface area contributed by atoms with Crippen molar-refractivity contribution in [3.63, 3.8) is 0 Å². The standard InChI is InChI=1S/C9H12F4N2O2/c1-8(2)6(16)14-3-4-15(8)7(17)9(12,13)5(10)11/h5H,3-4H2,1-2H3,(H,14,16). The van der Waals surface area contributed by atoms with Crippen LogP contribution in [0.2, 0.25) is 0 Å². The van der Waals surface area contributed by atoms with Crippen LogP contribution >= 0.6 is 0 Å². The van der Waals surface area contributed by atoms with E-state index < -0.39 is 29.7 Å². The first-order valence-corrected chi connectivity index (χ1v) is 4.88. The Labute approximate surface area is 94.9 Å². The molecule has 0 aliphatic carbocycles. The largest absolute Gasteiger partial charge is 0.383 e. The first-order valence-electron chi connectivity index (χ1n) is 4.88. The van der Waals surface area contributed by atoms with Gasteiger partial charge in [0, 0.05) is 13.1 Å². The molecule has 0 aromatic carbocycles. The molecule has 0 aromatic rings. The Morgan fingerprint density at radius 2 is 2.00 bits per heavy atom. The van der Waals surface area contributed by atoms with Crippen LogP contribution in [0.4, 0.5) is 17.6 Å². The van der Waals surface area contributed by atoms with Gasteiger partial charge in [0.15, 0.2) is 0 Å². The Balaban J connectivity index is 3.00. The minimum atomic E-state index is -4.77. The zero-order chi connectivity index (χ0) is 13.4. The minimum absolute atomic E-state index is 0.0344. The quantitative estimate of drug-likeness (QED) is 0.736. The first kappa shape index (κ1) is 13.7. The van der Waals surface area contributed by atoms with Gasteiger partial charge in [-0.25, -0.2) is 8.78 Å². The molecular formula is C9H12F4N2O2. The lowest BCUT2D eigenvalue weighted by Gasteiger charge is -2.42. The molecule has 0 unspecified atom stereocenters. The van der Waals surface area contributed by atoms with E-state index in [2.05, 4.69) is 5.32 Å². The molecule has 0 radical (unpaired) electrons. The number of nitrogens with one attached hydrogen (secondary N) is 1. The summed E-state index contributed by atoms with van der Waals surface area (Å²) in [5, 5.41) is 2.37. The van der Waals surface area contributed by atoms with Crippen molar-refractivity contribution in [3.05, 3.63) is 0 Å². The number of nitrogens with zero attached hydrogens (tertiary/aromatic N) is 1. The number of rotatable bonds is 2. The molecule has 1 heterocycles. The summed E-state index contributed by atoms with van der Waals surface area (Å²) in [5.41, 5.74) is -1.56. The zero-order valence-electron chi connectivity index (χ0n) is 9.27. The van der Waals surface area contributed by atoms with Crippen molar-refractivity contribution in [2.45, 2.75) is 31.7 Å². The molecule has 1 N–H and O–H groups in total. The number of alkyl halides is 4. The predicted octanol–water partition coefficient (Wildman–Crippen LogP) is 0.624. The number of amides is 2. The van der Waals surface area contributed by atoms with E-state index >= 15 is 0 Å². The lowest BCUT2D eigenvalue weighted by Crippen LogP contribution is -2.66. The van der Waals surface area contributed by atoms with Crippen LogP contribution in [0.3, 0.4) is 0 Å². The predicted molar refractivity (Wildman–Crippen MR) is 49.8 cm³/mol. The van der Waals surface area contributed by atoms with E-state index in [1.165, 1.54) is 13.8 Å². The van der Waals surface area contributed by atoms with E-state index in [4.69, 9.17) is 0 Å². The Kier molecular flexibility index (Phi) is 3.35.